The number of allylic oxidation sites excluding steroid dienone is 1. The molecule has 0 unspecified atom stereocenters. The van der Waals surface area contributed by atoms with Crippen molar-refractivity contribution in [3.05, 3.63) is 51.5 Å². The molecule has 1 heterocycles. The van der Waals surface area contributed by atoms with Gasteiger partial charge >= 0.3 is 0 Å². The SMILES string of the molecule is C#CCNC(=O)c1ccc2c(=O)n(CC=C)c(=S)[nH]c2c1. The van der Waals surface area contributed by atoms with Crippen molar-refractivity contribution in [3.8, 4) is 12.3 Å². The molecule has 2 N–H and O–H groups in total. The van der Waals surface area contributed by atoms with Crippen molar-refractivity contribution < 1.29 is 4.79 Å². The maximum absolute atomic E-state index is 12.3. The van der Waals surface area contributed by atoms with Gasteiger partial charge in [-0.15, -0.1) is 13.0 Å². The van der Waals surface area contributed by atoms with Gasteiger partial charge in [0, 0.05) is 12.1 Å². The van der Waals surface area contributed by atoms with E-state index in [1.807, 2.05) is 0 Å². The van der Waals surface area contributed by atoms with Gasteiger partial charge in [0.05, 0.1) is 17.4 Å². The molecule has 0 aliphatic rings. The number of fused-ring (bicyclic) bond motifs is 1. The van der Waals surface area contributed by atoms with Crippen LogP contribution in [0.15, 0.2) is 35.6 Å². The molecule has 0 aliphatic heterocycles. The van der Waals surface area contributed by atoms with Gasteiger partial charge in [-0.1, -0.05) is 12.0 Å². The van der Waals surface area contributed by atoms with E-state index in [0.29, 0.717) is 23.0 Å². The fraction of sp³-hybridized carbons (Fsp3) is 0.133. The third kappa shape index (κ3) is 2.93. The number of carbonyl (C=O) groups excluding carboxylic acids is 1. The lowest BCUT2D eigenvalue weighted by Crippen LogP contribution is -2.24. The number of hydrogen-bond acceptors (Lipinski definition) is 3. The third-order valence-corrected chi connectivity index (χ3v) is 3.23. The Morgan fingerprint density at radius 2 is 2.33 bits per heavy atom. The van der Waals surface area contributed by atoms with Gasteiger partial charge in [0.25, 0.3) is 11.5 Å². The van der Waals surface area contributed by atoms with Crippen LogP contribution in [-0.4, -0.2) is 22.0 Å². The quantitative estimate of drug-likeness (QED) is 0.512. The summed E-state index contributed by atoms with van der Waals surface area (Å²) in [4.78, 5) is 27.1. The highest BCUT2D eigenvalue weighted by atomic mass is 32.1. The number of aromatic amines is 1. The first-order valence-electron chi connectivity index (χ1n) is 6.18. The molecule has 2 aromatic rings. The average Bonchev–Trinajstić information content (AvgIpc) is 2.48. The van der Waals surface area contributed by atoms with Crippen molar-refractivity contribution in [2.75, 3.05) is 6.54 Å². The van der Waals surface area contributed by atoms with Crippen LogP contribution in [0.2, 0.25) is 0 Å². The Hall–Kier alpha value is -2.65. The maximum Gasteiger partial charge on any atom is 0.262 e. The Morgan fingerprint density at radius 1 is 1.57 bits per heavy atom. The monoisotopic (exact) mass is 299 g/mol. The number of nitrogens with zero attached hydrogens (tertiary/aromatic N) is 1. The number of aromatic nitrogens is 2. The van der Waals surface area contributed by atoms with Gasteiger partial charge in [-0.25, -0.2) is 0 Å². The summed E-state index contributed by atoms with van der Waals surface area (Å²) in [5.41, 5.74) is 0.701. The first kappa shape index (κ1) is 14.8. The second-order valence-corrected chi connectivity index (χ2v) is 4.67. The van der Waals surface area contributed by atoms with Crippen molar-refractivity contribution in [1.29, 1.82) is 0 Å². The lowest BCUT2D eigenvalue weighted by molar-refractivity contribution is 0.0959. The van der Waals surface area contributed by atoms with E-state index in [1.54, 1.807) is 24.3 Å². The smallest absolute Gasteiger partial charge is 0.262 e. The number of carbonyl (C=O) groups is 1. The Bertz CT molecular complexity index is 871. The molecule has 0 radical (unpaired) electrons. The normalized spacial score (nSPS) is 10.0. The summed E-state index contributed by atoms with van der Waals surface area (Å²) in [6, 6.07) is 4.74. The Balaban J connectivity index is 2.56. The molecule has 21 heavy (non-hydrogen) atoms. The summed E-state index contributed by atoms with van der Waals surface area (Å²) in [5.74, 6) is 2.02. The molecule has 6 heteroatoms. The number of H-pyrrole nitrogens is 1. The minimum Gasteiger partial charge on any atom is -0.341 e. The molecule has 1 amide bonds. The number of nitrogens with one attached hydrogen (secondary N) is 2. The standard InChI is InChI=1S/C15H13N3O2S/c1-3-7-16-13(19)10-5-6-11-12(9-10)17-15(21)18(8-4-2)14(11)20/h1,4-6,9H,2,7-8H2,(H,16,19)(H,17,21). The predicted molar refractivity (Wildman–Crippen MR) is 84.8 cm³/mol. The molecule has 0 saturated heterocycles. The van der Waals surface area contributed by atoms with Crippen LogP contribution in [0.25, 0.3) is 10.9 Å². The summed E-state index contributed by atoms with van der Waals surface area (Å²) < 4.78 is 1.69. The summed E-state index contributed by atoms with van der Waals surface area (Å²) in [6.07, 6.45) is 6.69. The number of rotatable bonds is 4. The first-order valence-corrected chi connectivity index (χ1v) is 6.58. The molecule has 0 saturated carbocycles. The summed E-state index contributed by atoms with van der Waals surface area (Å²) in [7, 11) is 0. The molecular weight excluding hydrogens is 286 g/mol. The van der Waals surface area contributed by atoms with Gasteiger partial charge in [0.1, 0.15) is 0 Å². The molecule has 0 aliphatic carbocycles. The van der Waals surface area contributed by atoms with Crippen LogP contribution in [0.1, 0.15) is 10.4 Å². The molecule has 0 bridgehead atoms. The zero-order valence-electron chi connectivity index (χ0n) is 11.2. The lowest BCUT2D eigenvalue weighted by Gasteiger charge is -2.07. The molecule has 0 spiro atoms. The van der Waals surface area contributed by atoms with E-state index in [4.69, 9.17) is 18.6 Å². The molecule has 1 aromatic heterocycles. The van der Waals surface area contributed by atoms with Crippen LogP contribution in [0.4, 0.5) is 0 Å². The number of amides is 1. The number of hydrogen-bond donors (Lipinski definition) is 2. The van der Waals surface area contributed by atoms with Gasteiger partial charge < -0.3 is 10.3 Å². The van der Waals surface area contributed by atoms with E-state index in [1.165, 1.54) is 4.57 Å². The van der Waals surface area contributed by atoms with Gasteiger partial charge in [0.15, 0.2) is 4.77 Å². The van der Waals surface area contributed by atoms with Gasteiger partial charge in [0.2, 0.25) is 0 Å². The Morgan fingerprint density at radius 3 is 3.00 bits per heavy atom. The molecule has 5 nitrogen and oxygen atoms in total. The number of benzene rings is 1. The topological polar surface area (TPSA) is 66.9 Å². The van der Waals surface area contributed by atoms with E-state index in [9.17, 15) is 9.59 Å². The minimum atomic E-state index is -0.301. The maximum atomic E-state index is 12.3. The fourth-order valence-corrected chi connectivity index (χ4v) is 2.19. The van der Waals surface area contributed by atoms with Crippen LogP contribution in [0, 0.1) is 17.1 Å². The van der Waals surface area contributed by atoms with Crippen LogP contribution in [0.3, 0.4) is 0 Å². The van der Waals surface area contributed by atoms with Crippen LogP contribution in [0.5, 0.6) is 0 Å². The number of terminal acetylenes is 1. The van der Waals surface area contributed by atoms with E-state index >= 15 is 0 Å². The molecule has 0 fully saturated rings. The summed E-state index contributed by atoms with van der Waals surface area (Å²) >= 11 is 5.14. The highest BCUT2D eigenvalue weighted by molar-refractivity contribution is 7.71. The van der Waals surface area contributed by atoms with Crippen LogP contribution in [-0.2, 0) is 6.54 Å². The summed E-state index contributed by atoms with van der Waals surface area (Å²) in [6.45, 7) is 4.07. The lowest BCUT2D eigenvalue weighted by atomic mass is 10.1. The van der Waals surface area contributed by atoms with E-state index < -0.39 is 0 Å². The second-order valence-electron chi connectivity index (χ2n) is 4.28. The van der Waals surface area contributed by atoms with Crippen LogP contribution >= 0.6 is 12.2 Å². The second kappa shape index (κ2) is 6.20. The van der Waals surface area contributed by atoms with Gasteiger partial charge in [-0.3, -0.25) is 14.2 Å². The molecule has 2 rings (SSSR count). The van der Waals surface area contributed by atoms with Crippen molar-refractivity contribution in [2.24, 2.45) is 0 Å². The van der Waals surface area contributed by atoms with Crippen molar-refractivity contribution in [3.63, 3.8) is 0 Å². The van der Waals surface area contributed by atoms with E-state index in [0.717, 1.165) is 0 Å². The molecule has 106 valence electrons. The molecule has 0 atom stereocenters. The highest BCUT2D eigenvalue weighted by Crippen LogP contribution is 2.10. The van der Waals surface area contributed by atoms with Crippen molar-refractivity contribution in [1.82, 2.24) is 14.9 Å². The Kier molecular flexibility index (Phi) is 4.36. The predicted octanol–water partition coefficient (Wildman–Crippen LogP) is 1.61. The fourth-order valence-electron chi connectivity index (χ4n) is 1.92. The average molecular weight is 299 g/mol. The van der Waals surface area contributed by atoms with Gasteiger partial charge in [-0.2, -0.15) is 0 Å². The summed E-state index contributed by atoms with van der Waals surface area (Å²) in [5, 5.41) is 3.02. The van der Waals surface area contributed by atoms with Crippen molar-refractivity contribution >= 4 is 29.0 Å². The molecular formula is C15H13N3O2S. The molecule has 1 aromatic carbocycles. The van der Waals surface area contributed by atoms with E-state index in [-0.39, 0.29) is 22.8 Å². The zero-order valence-corrected chi connectivity index (χ0v) is 12.0. The largest absolute Gasteiger partial charge is 0.341 e. The first-order chi connectivity index (χ1) is 10.1. The highest BCUT2D eigenvalue weighted by Gasteiger charge is 2.09. The van der Waals surface area contributed by atoms with Crippen LogP contribution < -0.4 is 10.9 Å². The van der Waals surface area contributed by atoms with E-state index in [2.05, 4.69) is 22.8 Å². The minimum absolute atomic E-state index is 0.147. The zero-order chi connectivity index (χ0) is 15.4. The van der Waals surface area contributed by atoms with Gasteiger partial charge in [-0.05, 0) is 30.4 Å². The van der Waals surface area contributed by atoms with Crippen molar-refractivity contribution in [2.45, 2.75) is 6.54 Å². The third-order valence-electron chi connectivity index (χ3n) is 2.91. The Labute approximate surface area is 126 Å².